The molecule has 3 rings (SSSR count). The number of amides is 1. The number of nitrogens with one attached hydrogen (secondary N) is 1. The molecule has 0 radical (unpaired) electrons. The van der Waals surface area contributed by atoms with E-state index in [1.165, 1.54) is 36.6 Å². The van der Waals surface area contributed by atoms with E-state index in [2.05, 4.69) is 10.3 Å². The monoisotopic (exact) mass is 437 g/mol. The molecule has 0 spiro atoms. The number of hydrogen-bond acceptors (Lipinski definition) is 5. The van der Waals surface area contributed by atoms with Gasteiger partial charge in [-0.05, 0) is 48.9 Å². The van der Waals surface area contributed by atoms with Gasteiger partial charge in [0, 0.05) is 11.9 Å². The third-order valence-corrected chi connectivity index (χ3v) is 6.04. The predicted molar refractivity (Wildman–Crippen MR) is 105 cm³/mol. The average Bonchev–Trinajstić information content (AvgIpc) is 3.18. The van der Waals surface area contributed by atoms with Gasteiger partial charge >= 0.3 is 0 Å². The van der Waals surface area contributed by atoms with E-state index in [-0.39, 0.29) is 22.3 Å². The fraction of sp³-hybridized carbons (Fsp3) is 0.158. The minimum absolute atomic E-state index is 0.122. The smallest absolute Gasteiger partial charge is 0.245 e. The number of halogens is 2. The molecule has 0 aliphatic rings. The molecule has 2 aromatic heterocycles. The Morgan fingerprint density at radius 2 is 2.07 bits per heavy atom. The van der Waals surface area contributed by atoms with Gasteiger partial charge in [-0.25, -0.2) is 17.8 Å². The quantitative estimate of drug-likeness (QED) is 0.570. The fourth-order valence-corrected chi connectivity index (χ4v) is 3.97. The number of sulfonamides is 1. The summed E-state index contributed by atoms with van der Waals surface area (Å²) in [5, 5.41) is 2.68. The van der Waals surface area contributed by atoms with Crippen molar-refractivity contribution in [1.29, 1.82) is 0 Å². The summed E-state index contributed by atoms with van der Waals surface area (Å²) in [5.74, 6) is -0.792. The molecule has 1 aromatic carbocycles. The summed E-state index contributed by atoms with van der Waals surface area (Å²) in [7, 11) is -4.08. The first-order valence-electron chi connectivity index (χ1n) is 8.46. The molecule has 1 N–H and O–H groups in total. The van der Waals surface area contributed by atoms with Gasteiger partial charge < -0.3 is 9.73 Å². The summed E-state index contributed by atoms with van der Waals surface area (Å²) in [6.45, 7) is 1.01. The van der Waals surface area contributed by atoms with E-state index in [0.29, 0.717) is 11.3 Å². The maximum Gasteiger partial charge on any atom is 0.245 e. The molecule has 2 heterocycles. The van der Waals surface area contributed by atoms with Crippen LogP contribution in [0.4, 0.5) is 10.1 Å². The summed E-state index contributed by atoms with van der Waals surface area (Å²) >= 11 is 5.73. The fourth-order valence-electron chi connectivity index (χ4n) is 2.54. The van der Waals surface area contributed by atoms with Crippen LogP contribution in [0.1, 0.15) is 11.3 Å². The zero-order valence-electron chi connectivity index (χ0n) is 15.3. The summed E-state index contributed by atoms with van der Waals surface area (Å²) in [6.07, 6.45) is 2.52. The maximum atomic E-state index is 13.5. The molecular formula is C19H17ClFN3O4S. The van der Waals surface area contributed by atoms with Crippen molar-refractivity contribution in [3.8, 4) is 0 Å². The largest absolute Gasteiger partial charge is 0.468 e. The van der Waals surface area contributed by atoms with Crippen molar-refractivity contribution < 1.29 is 22.0 Å². The molecule has 29 heavy (non-hydrogen) atoms. The molecular weight excluding hydrogens is 421 g/mol. The molecule has 0 fully saturated rings. The first-order valence-corrected chi connectivity index (χ1v) is 10.3. The number of nitrogens with zero attached hydrogens (tertiary/aromatic N) is 2. The van der Waals surface area contributed by atoms with Crippen LogP contribution in [0.3, 0.4) is 0 Å². The van der Waals surface area contributed by atoms with Crippen LogP contribution >= 0.6 is 11.6 Å². The zero-order valence-corrected chi connectivity index (χ0v) is 16.9. The Balaban J connectivity index is 1.86. The molecule has 0 saturated heterocycles. The molecule has 3 aromatic rings. The average molecular weight is 438 g/mol. The van der Waals surface area contributed by atoms with E-state index in [0.717, 1.165) is 10.5 Å². The second-order valence-corrected chi connectivity index (χ2v) is 8.50. The van der Waals surface area contributed by atoms with Gasteiger partial charge in [0.05, 0.1) is 19.4 Å². The van der Waals surface area contributed by atoms with E-state index in [1.807, 2.05) is 0 Å². The van der Waals surface area contributed by atoms with E-state index < -0.39 is 28.3 Å². The zero-order chi connectivity index (χ0) is 21.0. The lowest BCUT2D eigenvalue weighted by Crippen LogP contribution is -2.37. The third kappa shape index (κ3) is 5.20. The van der Waals surface area contributed by atoms with Gasteiger partial charge in [0.25, 0.3) is 0 Å². The molecule has 10 heteroatoms. The van der Waals surface area contributed by atoms with Crippen LogP contribution in [-0.4, -0.2) is 30.2 Å². The van der Waals surface area contributed by atoms with Crippen molar-refractivity contribution in [3.63, 3.8) is 0 Å². The lowest BCUT2D eigenvalue weighted by Gasteiger charge is -2.21. The topological polar surface area (TPSA) is 92.5 Å². The van der Waals surface area contributed by atoms with Crippen molar-refractivity contribution in [2.45, 2.75) is 18.4 Å². The van der Waals surface area contributed by atoms with Crippen molar-refractivity contribution >= 4 is 33.2 Å². The number of hydrogen-bond donors (Lipinski definition) is 1. The van der Waals surface area contributed by atoms with Gasteiger partial charge in [0.2, 0.25) is 15.9 Å². The second kappa shape index (κ2) is 8.73. The molecule has 152 valence electrons. The second-order valence-electron chi connectivity index (χ2n) is 6.18. The highest BCUT2D eigenvalue weighted by Crippen LogP contribution is 2.20. The van der Waals surface area contributed by atoms with Crippen LogP contribution in [-0.2, 0) is 21.4 Å². The predicted octanol–water partition coefficient (Wildman–Crippen LogP) is 3.61. The number of pyridine rings is 1. The number of benzene rings is 1. The number of carbonyl (C=O) groups is 1. The van der Waals surface area contributed by atoms with E-state index in [1.54, 1.807) is 19.1 Å². The summed E-state index contributed by atoms with van der Waals surface area (Å²) in [6, 6.07) is 9.80. The number of furan rings is 1. The number of rotatable bonds is 7. The first kappa shape index (κ1) is 21.0. The number of aromatic nitrogens is 1. The van der Waals surface area contributed by atoms with Crippen LogP contribution in [0.5, 0.6) is 0 Å². The molecule has 0 bridgehead atoms. The van der Waals surface area contributed by atoms with Crippen LogP contribution in [0.25, 0.3) is 0 Å². The van der Waals surface area contributed by atoms with Crippen LogP contribution in [0.2, 0.25) is 5.15 Å². The minimum atomic E-state index is -4.08. The van der Waals surface area contributed by atoms with Gasteiger partial charge in [0.1, 0.15) is 21.6 Å². The Morgan fingerprint density at radius 3 is 2.72 bits per heavy atom. The lowest BCUT2D eigenvalue weighted by molar-refractivity contribution is -0.116. The lowest BCUT2D eigenvalue weighted by atomic mass is 10.2. The van der Waals surface area contributed by atoms with E-state index in [9.17, 15) is 17.6 Å². The van der Waals surface area contributed by atoms with Gasteiger partial charge in [-0.1, -0.05) is 17.7 Å². The normalized spacial score (nSPS) is 11.6. The highest BCUT2D eigenvalue weighted by molar-refractivity contribution is 7.89. The highest BCUT2D eigenvalue weighted by Gasteiger charge is 2.28. The van der Waals surface area contributed by atoms with Crippen molar-refractivity contribution in [3.05, 3.63) is 77.2 Å². The molecule has 0 saturated carbocycles. The first-order chi connectivity index (χ1) is 13.8. The van der Waals surface area contributed by atoms with Crippen LogP contribution < -0.4 is 5.32 Å². The molecule has 0 aliphatic carbocycles. The molecule has 0 unspecified atom stereocenters. The Hall–Kier alpha value is -2.75. The highest BCUT2D eigenvalue weighted by atomic mass is 35.5. The van der Waals surface area contributed by atoms with Crippen molar-refractivity contribution in [1.82, 2.24) is 9.29 Å². The Kier molecular flexibility index (Phi) is 6.31. The van der Waals surface area contributed by atoms with Crippen LogP contribution in [0.15, 0.2) is 64.2 Å². The summed E-state index contributed by atoms with van der Waals surface area (Å²) < 4.78 is 45.7. The molecule has 7 nitrogen and oxygen atoms in total. The Bertz CT molecular complexity index is 1100. The van der Waals surface area contributed by atoms with E-state index in [4.69, 9.17) is 16.0 Å². The minimum Gasteiger partial charge on any atom is -0.468 e. The molecule has 0 atom stereocenters. The SMILES string of the molecule is Cc1ccc(F)cc1NC(=O)CN(Cc1ccco1)S(=O)(=O)c1ccc(Cl)nc1. The van der Waals surface area contributed by atoms with Gasteiger partial charge in [-0.2, -0.15) is 4.31 Å². The third-order valence-electron chi connectivity index (χ3n) is 4.04. The van der Waals surface area contributed by atoms with Crippen molar-refractivity contribution in [2.75, 3.05) is 11.9 Å². The molecule has 0 aliphatic heterocycles. The summed E-state index contributed by atoms with van der Waals surface area (Å²) in [4.78, 5) is 16.2. The van der Waals surface area contributed by atoms with Gasteiger partial charge in [-0.3, -0.25) is 4.79 Å². The van der Waals surface area contributed by atoms with Crippen LogP contribution in [0, 0.1) is 12.7 Å². The number of carbonyl (C=O) groups excluding carboxylic acids is 1. The Labute approximate surface area is 172 Å². The van der Waals surface area contributed by atoms with Gasteiger partial charge in [0.15, 0.2) is 0 Å². The molecule has 1 amide bonds. The number of anilines is 1. The van der Waals surface area contributed by atoms with Crippen molar-refractivity contribution in [2.24, 2.45) is 0 Å². The van der Waals surface area contributed by atoms with E-state index >= 15 is 0 Å². The Morgan fingerprint density at radius 1 is 1.28 bits per heavy atom. The standard InChI is InChI=1S/C19H17ClFN3O4S/c1-13-4-5-14(21)9-17(13)23-19(25)12-24(11-15-3-2-8-28-15)29(26,27)16-6-7-18(20)22-10-16/h2-10H,11-12H2,1H3,(H,23,25). The number of aryl methyl sites for hydroxylation is 1. The maximum absolute atomic E-state index is 13.5. The van der Waals surface area contributed by atoms with Gasteiger partial charge in [-0.15, -0.1) is 0 Å². The summed E-state index contributed by atoms with van der Waals surface area (Å²) in [5.41, 5.74) is 0.903.